The number of carbonyl (C=O) groups excluding carboxylic acids is 1. The van der Waals surface area contributed by atoms with Gasteiger partial charge in [-0.3, -0.25) is 4.79 Å². The van der Waals surface area contributed by atoms with Crippen LogP contribution < -0.4 is 4.74 Å². The number of carbonyl (C=O) groups is 1. The quantitative estimate of drug-likeness (QED) is 0.419. The monoisotopic (exact) mass is 491 g/mol. The molecule has 4 nitrogen and oxygen atoms in total. The van der Waals surface area contributed by atoms with Gasteiger partial charge in [-0.25, -0.2) is 0 Å². The van der Waals surface area contributed by atoms with Gasteiger partial charge in [0.05, 0.1) is 24.7 Å². The third-order valence-corrected chi connectivity index (χ3v) is 6.50. The smallest absolute Gasteiger partial charge is 0.416 e. The summed E-state index contributed by atoms with van der Waals surface area (Å²) in [4.78, 5) is 15.3. The van der Waals surface area contributed by atoms with Gasteiger partial charge in [-0.15, -0.1) is 0 Å². The van der Waals surface area contributed by atoms with E-state index < -0.39 is 11.7 Å². The Balaban J connectivity index is 1.63. The van der Waals surface area contributed by atoms with Gasteiger partial charge in [0.2, 0.25) is 5.91 Å². The Kier molecular flexibility index (Phi) is 9.22. The number of piperidine rings is 1. The van der Waals surface area contributed by atoms with Gasteiger partial charge in [-0.05, 0) is 61.1 Å². The van der Waals surface area contributed by atoms with E-state index in [4.69, 9.17) is 9.47 Å². The molecule has 3 rings (SSSR count). The lowest BCUT2D eigenvalue weighted by atomic mass is 9.88. The molecule has 0 saturated carbocycles. The number of amides is 1. The van der Waals surface area contributed by atoms with Gasteiger partial charge in [-0.1, -0.05) is 38.1 Å². The van der Waals surface area contributed by atoms with Crippen LogP contribution in [0.3, 0.4) is 0 Å². The van der Waals surface area contributed by atoms with Crippen LogP contribution >= 0.6 is 0 Å². The van der Waals surface area contributed by atoms with Crippen molar-refractivity contribution in [3.05, 3.63) is 65.2 Å². The topological polar surface area (TPSA) is 38.8 Å². The zero-order valence-electron chi connectivity index (χ0n) is 21.0. The van der Waals surface area contributed by atoms with Gasteiger partial charge in [0.25, 0.3) is 0 Å². The summed E-state index contributed by atoms with van der Waals surface area (Å²) in [5.41, 5.74) is 1.56. The highest BCUT2D eigenvalue weighted by molar-refractivity contribution is 5.83. The van der Waals surface area contributed by atoms with E-state index in [9.17, 15) is 18.0 Å². The fourth-order valence-corrected chi connectivity index (χ4v) is 4.76. The first-order valence-corrected chi connectivity index (χ1v) is 12.2. The molecule has 1 amide bonds. The Hall–Kier alpha value is -2.54. The van der Waals surface area contributed by atoms with Crippen molar-refractivity contribution >= 4 is 5.91 Å². The van der Waals surface area contributed by atoms with Crippen LogP contribution in [0.5, 0.6) is 5.75 Å². The van der Waals surface area contributed by atoms with Crippen LogP contribution in [0.25, 0.3) is 0 Å². The molecule has 1 aliphatic heterocycles. The lowest BCUT2D eigenvalue weighted by Crippen LogP contribution is -2.47. The van der Waals surface area contributed by atoms with E-state index in [1.165, 1.54) is 17.7 Å². The molecule has 1 saturated heterocycles. The minimum atomic E-state index is -4.37. The Labute approximate surface area is 206 Å². The predicted molar refractivity (Wildman–Crippen MR) is 130 cm³/mol. The highest BCUT2D eigenvalue weighted by Gasteiger charge is 2.33. The SMILES string of the molecule is COCC1CC(COc2ccc(C(F)(F)F)cc2)CN(C(=O)C(C)c2ccc(CC(C)C)cc2)C1. The van der Waals surface area contributed by atoms with Crippen molar-refractivity contribution in [3.8, 4) is 5.75 Å². The molecule has 3 unspecified atom stereocenters. The zero-order chi connectivity index (χ0) is 25.6. The van der Waals surface area contributed by atoms with Gasteiger partial charge < -0.3 is 14.4 Å². The summed E-state index contributed by atoms with van der Waals surface area (Å²) in [5.74, 6) is 1.02. The maximum atomic E-state index is 13.4. The van der Waals surface area contributed by atoms with Crippen LogP contribution in [0.15, 0.2) is 48.5 Å². The third kappa shape index (κ3) is 7.72. The first kappa shape index (κ1) is 27.1. The lowest BCUT2D eigenvalue weighted by Gasteiger charge is -2.38. The first-order chi connectivity index (χ1) is 16.6. The molecular weight excluding hydrogens is 455 g/mol. The molecule has 0 spiro atoms. The van der Waals surface area contributed by atoms with E-state index in [1.54, 1.807) is 7.11 Å². The van der Waals surface area contributed by atoms with E-state index in [2.05, 4.69) is 26.0 Å². The molecule has 3 atom stereocenters. The van der Waals surface area contributed by atoms with Crippen LogP contribution in [0.4, 0.5) is 13.2 Å². The molecule has 192 valence electrons. The average Bonchev–Trinajstić information content (AvgIpc) is 2.82. The molecule has 35 heavy (non-hydrogen) atoms. The largest absolute Gasteiger partial charge is 0.493 e. The number of alkyl halides is 3. The van der Waals surface area contributed by atoms with Crippen molar-refractivity contribution in [1.29, 1.82) is 0 Å². The van der Waals surface area contributed by atoms with Crippen molar-refractivity contribution in [2.45, 2.75) is 45.7 Å². The Morgan fingerprint density at radius 3 is 2.11 bits per heavy atom. The number of benzene rings is 2. The second-order valence-corrected chi connectivity index (χ2v) is 10.1. The number of likely N-dealkylation sites (tertiary alicyclic amines) is 1. The van der Waals surface area contributed by atoms with E-state index in [0.717, 1.165) is 30.5 Å². The molecule has 1 aliphatic rings. The fourth-order valence-electron chi connectivity index (χ4n) is 4.76. The highest BCUT2D eigenvalue weighted by atomic mass is 19.4. The summed E-state index contributed by atoms with van der Waals surface area (Å²) < 4.78 is 49.6. The molecular formula is C28H36F3NO3. The van der Waals surface area contributed by atoms with E-state index in [0.29, 0.717) is 38.0 Å². The summed E-state index contributed by atoms with van der Waals surface area (Å²) in [6, 6.07) is 13.0. The summed E-state index contributed by atoms with van der Waals surface area (Å²) in [6.45, 7) is 8.35. The summed E-state index contributed by atoms with van der Waals surface area (Å²) in [6.07, 6.45) is -2.54. The molecule has 0 bridgehead atoms. The van der Waals surface area contributed by atoms with Gasteiger partial charge in [0.15, 0.2) is 0 Å². The highest BCUT2D eigenvalue weighted by Crippen LogP contribution is 2.31. The van der Waals surface area contributed by atoms with Gasteiger partial charge in [0.1, 0.15) is 5.75 Å². The number of rotatable bonds is 9. The van der Waals surface area contributed by atoms with E-state index in [-0.39, 0.29) is 23.7 Å². The number of hydrogen-bond acceptors (Lipinski definition) is 3. The Morgan fingerprint density at radius 2 is 1.57 bits per heavy atom. The number of nitrogens with zero attached hydrogens (tertiary/aromatic N) is 1. The standard InChI is InChI=1S/C28H36F3NO3/c1-19(2)13-21-5-7-24(8-6-21)20(3)27(33)32-15-22(17-34-4)14-23(16-32)18-35-26-11-9-25(10-12-26)28(29,30)31/h5-12,19-20,22-23H,13-18H2,1-4H3. The number of ether oxygens (including phenoxy) is 2. The first-order valence-electron chi connectivity index (χ1n) is 12.2. The van der Waals surface area contributed by atoms with Crippen LogP contribution in [-0.4, -0.2) is 44.2 Å². The van der Waals surface area contributed by atoms with Crippen molar-refractivity contribution in [2.24, 2.45) is 17.8 Å². The number of halogens is 3. The number of hydrogen-bond donors (Lipinski definition) is 0. The zero-order valence-corrected chi connectivity index (χ0v) is 21.0. The molecule has 2 aromatic carbocycles. The van der Waals surface area contributed by atoms with Crippen LogP contribution in [0.2, 0.25) is 0 Å². The molecule has 0 aliphatic carbocycles. The molecule has 2 aromatic rings. The van der Waals surface area contributed by atoms with Crippen molar-refractivity contribution in [3.63, 3.8) is 0 Å². The second kappa shape index (κ2) is 11.9. The molecule has 7 heteroatoms. The fraction of sp³-hybridized carbons (Fsp3) is 0.536. The maximum Gasteiger partial charge on any atom is 0.416 e. The normalized spacial score (nSPS) is 19.6. The van der Waals surface area contributed by atoms with Crippen molar-refractivity contribution in [1.82, 2.24) is 4.90 Å². The van der Waals surface area contributed by atoms with Crippen molar-refractivity contribution < 1.29 is 27.4 Å². The molecule has 1 fully saturated rings. The predicted octanol–water partition coefficient (Wildman–Crippen LogP) is 6.20. The molecule has 0 aromatic heterocycles. The average molecular weight is 492 g/mol. The Bertz CT molecular complexity index is 941. The molecule has 1 heterocycles. The van der Waals surface area contributed by atoms with Crippen LogP contribution in [-0.2, 0) is 22.1 Å². The third-order valence-electron chi connectivity index (χ3n) is 6.50. The summed E-state index contributed by atoms with van der Waals surface area (Å²) >= 11 is 0. The van der Waals surface area contributed by atoms with Crippen molar-refractivity contribution in [2.75, 3.05) is 33.4 Å². The number of methoxy groups -OCH3 is 1. The molecule has 0 N–H and O–H groups in total. The second-order valence-electron chi connectivity index (χ2n) is 10.1. The van der Waals surface area contributed by atoms with Gasteiger partial charge in [0, 0.05) is 32.0 Å². The minimum Gasteiger partial charge on any atom is -0.493 e. The summed E-state index contributed by atoms with van der Waals surface area (Å²) in [5, 5.41) is 0. The minimum absolute atomic E-state index is 0.0655. The molecule has 0 radical (unpaired) electrons. The van der Waals surface area contributed by atoms with Crippen LogP contribution in [0, 0.1) is 17.8 Å². The van der Waals surface area contributed by atoms with E-state index in [1.807, 2.05) is 24.0 Å². The maximum absolute atomic E-state index is 13.4. The van der Waals surface area contributed by atoms with Crippen LogP contribution in [0.1, 0.15) is 49.8 Å². The van der Waals surface area contributed by atoms with Gasteiger partial charge in [-0.2, -0.15) is 13.2 Å². The summed E-state index contributed by atoms with van der Waals surface area (Å²) in [7, 11) is 1.65. The Morgan fingerprint density at radius 1 is 0.971 bits per heavy atom. The van der Waals surface area contributed by atoms with E-state index >= 15 is 0 Å². The van der Waals surface area contributed by atoms with Gasteiger partial charge >= 0.3 is 6.18 Å². The lowest BCUT2D eigenvalue weighted by molar-refractivity contribution is -0.137.